The van der Waals surface area contributed by atoms with Crippen molar-refractivity contribution in [1.29, 1.82) is 0 Å². The van der Waals surface area contributed by atoms with Gasteiger partial charge in [0.15, 0.2) is 12.4 Å². The Morgan fingerprint density at radius 1 is 0.449 bits per heavy atom. The van der Waals surface area contributed by atoms with E-state index in [9.17, 15) is 19.5 Å². The van der Waals surface area contributed by atoms with Crippen molar-refractivity contribution in [3.05, 3.63) is 48.6 Å². The van der Waals surface area contributed by atoms with Crippen molar-refractivity contribution in [2.45, 2.75) is 270 Å². The Balaban J connectivity index is 3.77. The second kappa shape index (κ2) is 51.6. The summed E-state index contributed by atoms with van der Waals surface area (Å²) in [4.78, 5) is 36.8. The van der Waals surface area contributed by atoms with Crippen molar-refractivity contribution in [2.75, 3.05) is 47.5 Å². The molecule has 9 heteroatoms. The highest BCUT2D eigenvalue weighted by molar-refractivity contribution is 5.70. The molecule has 0 spiro atoms. The number of esters is 2. The van der Waals surface area contributed by atoms with Crippen LogP contribution >= 0.6 is 0 Å². The molecule has 2 atom stereocenters. The van der Waals surface area contributed by atoms with Gasteiger partial charge in [0.25, 0.3) is 0 Å². The fourth-order valence-corrected chi connectivity index (χ4v) is 8.18. The molecule has 0 fully saturated rings. The van der Waals surface area contributed by atoms with Gasteiger partial charge in [-0.3, -0.25) is 9.59 Å². The first-order chi connectivity index (χ1) is 33.6. The zero-order valence-corrected chi connectivity index (χ0v) is 45.7. The summed E-state index contributed by atoms with van der Waals surface area (Å²) in [6, 6.07) is 0. The molecule has 0 rings (SSSR count). The Kier molecular flexibility index (Phi) is 49.5. The van der Waals surface area contributed by atoms with Gasteiger partial charge in [0, 0.05) is 12.8 Å². The molecule has 0 aliphatic heterocycles. The highest BCUT2D eigenvalue weighted by Gasteiger charge is 2.22. The van der Waals surface area contributed by atoms with Gasteiger partial charge in [-0.2, -0.15) is 0 Å². The van der Waals surface area contributed by atoms with E-state index in [-0.39, 0.29) is 32.2 Å². The van der Waals surface area contributed by atoms with Crippen LogP contribution in [-0.2, 0) is 33.3 Å². The first-order valence-corrected chi connectivity index (χ1v) is 28.8. The second-order valence-corrected chi connectivity index (χ2v) is 20.6. The number of carboxylic acid groups (broad SMARTS) is 1. The van der Waals surface area contributed by atoms with Crippen LogP contribution in [0.2, 0.25) is 0 Å². The number of quaternary nitrogens is 1. The molecular weight excluding hydrogens is 863 g/mol. The molecule has 0 heterocycles. The number of ether oxygens (including phenoxy) is 4. The van der Waals surface area contributed by atoms with Gasteiger partial charge < -0.3 is 33.3 Å². The van der Waals surface area contributed by atoms with Crippen LogP contribution in [0.15, 0.2) is 48.6 Å². The van der Waals surface area contributed by atoms with Crippen molar-refractivity contribution in [3.8, 4) is 0 Å². The van der Waals surface area contributed by atoms with E-state index in [0.717, 1.165) is 77.0 Å². The summed E-state index contributed by atoms with van der Waals surface area (Å²) < 4.78 is 22.5. The second-order valence-electron chi connectivity index (χ2n) is 20.6. The molecule has 2 unspecified atom stereocenters. The molecule has 0 aromatic carbocycles. The molecule has 0 saturated heterocycles. The number of rotatable bonds is 53. The monoisotopic (exact) mass is 972 g/mol. The number of hydrogen-bond acceptors (Lipinski definition) is 8. The van der Waals surface area contributed by atoms with Gasteiger partial charge in [-0.05, 0) is 51.4 Å². The van der Waals surface area contributed by atoms with Crippen LogP contribution in [0.25, 0.3) is 0 Å². The molecule has 0 aromatic heterocycles. The molecule has 0 saturated carbocycles. The van der Waals surface area contributed by atoms with Gasteiger partial charge in [0.05, 0.1) is 40.3 Å². The predicted octanol–water partition coefficient (Wildman–Crippen LogP) is 15.3. The molecule has 0 radical (unpaired) electrons. The van der Waals surface area contributed by atoms with E-state index in [1.54, 1.807) is 0 Å². The molecule has 0 amide bonds. The number of carboxylic acids is 1. The van der Waals surface area contributed by atoms with Crippen LogP contribution in [0.5, 0.6) is 0 Å². The van der Waals surface area contributed by atoms with Crippen LogP contribution < -0.4 is 5.11 Å². The van der Waals surface area contributed by atoms with E-state index in [0.29, 0.717) is 17.4 Å². The normalized spacial score (nSPS) is 13.1. The third kappa shape index (κ3) is 52.9. The number of hydrogen-bond donors (Lipinski definition) is 0. The summed E-state index contributed by atoms with van der Waals surface area (Å²) in [5.41, 5.74) is 0. The van der Waals surface area contributed by atoms with Gasteiger partial charge in [0.2, 0.25) is 0 Å². The van der Waals surface area contributed by atoms with E-state index in [1.807, 2.05) is 21.1 Å². The van der Waals surface area contributed by atoms with Gasteiger partial charge >= 0.3 is 11.9 Å². The number of nitrogens with zero attached hydrogens (tertiary/aromatic N) is 1. The number of allylic oxidation sites excluding steroid dienone is 8. The third-order valence-corrected chi connectivity index (χ3v) is 12.6. The minimum absolute atomic E-state index is 0.150. The maximum Gasteiger partial charge on any atom is 0.306 e. The average molecular weight is 973 g/mol. The lowest BCUT2D eigenvalue weighted by Gasteiger charge is -2.26. The summed E-state index contributed by atoms with van der Waals surface area (Å²) in [6.07, 6.45) is 61.1. The topological polar surface area (TPSA) is 111 Å². The molecule has 0 N–H and O–H groups in total. The Bertz CT molecular complexity index is 1270. The Morgan fingerprint density at radius 2 is 0.826 bits per heavy atom. The zero-order valence-electron chi connectivity index (χ0n) is 45.7. The average Bonchev–Trinajstić information content (AvgIpc) is 3.31. The fraction of sp³-hybridized carbons (Fsp3) is 0.817. The van der Waals surface area contributed by atoms with E-state index in [4.69, 9.17) is 18.9 Å². The van der Waals surface area contributed by atoms with Gasteiger partial charge in [-0.25, -0.2) is 0 Å². The van der Waals surface area contributed by atoms with Crippen molar-refractivity contribution in [3.63, 3.8) is 0 Å². The Morgan fingerprint density at radius 3 is 1.23 bits per heavy atom. The lowest BCUT2D eigenvalue weighted by molar-refractivity contribution is -0.870. The maximum atomic E-state index is 12.7. The number of carbonyl (C=O) groups excluding carboxylic acids is 3. The maximum absolute atomic E-state index is 12.7. The molecule has 9 nitrogen and oxygen atoms in total. The largest absolute Gasteiger partial charge is 0.545 e. The van der Waals surface area contributed by atoms with Gasteiger partial charge in [0.1, 0.15) is 13.2 Å². The van der Waals surface area contributed by atoms with Crippen molar-refractivity contribution < 1.29 is 42.9 Å². The molecule has 0 aliphatic carbocycles. The lowest BCUT2D eigenvalue weighted by atomic mass is 10.0. The Labute approximate surface area is 425 Å². The van der Waals surface area contributed by atoms with Crippen molar-refractivity contribution in [2.24, 2.45) is 0 Å². The molecule has 0 aromatic rings. The summed E-state index contributed by atoms with van der Waals surface area (Å²) in [6.45, 7) is 4.55. The number of aliphatic carboxylic acids is 1. The highest BCUT2D eigenvalue weighted by atomic mass is 16.7. The molecule has 69 heavy (non-hydrogen) atoms. The Hall–Kier alpha value is -2.75. The molecular formula is C60H109NO8. The summed E-state index contributed by atoms with van der Waals surface area (Å²) in [7, 11) is 5.91. The SMILES string of the molecule is CC/C=C\C/C=C\C/C=C\C/C=C\CCCCCCCCCCCCCCCCCCCCCCCCCCCCC(=O)OC(COC(=O)CCCCCCC)COC(OCC[N+](C)(C)C)C(=O)[O-]. The molecule has 402 valence electrons. The van der Waals surface area contributed by atoms with Crippen molar-refractivity contribution >= 4 is 17.9 Å². The zero-order chi connectivity index (χ0) is 50.6. The van der Waals surface area contributed by atoms with Crippen LogP contribution in [0.1, 0.15) is 258 Å². The van der Waals surface area contributed by atoms with E-state index in [1.165, 1.54) is 154 Å². The van der Waals surface area contributed by atoms with E-state index >= 15 is 0 Å². The smallest absolute Gasteiger partial charge is 0.306 e. The lowest BCUT2D eigenvalue weighted by Crippen LogP contribution is -2.44. The van der Waals surface area contributed by atoms with E-state index in [2.05, 4.69) is 62.5 Å². The minimum Gasteiger partial charge on any atom is -0.545 e. The summed E-state index contributed by atoms with van der Waals surface area (Å²) in [5.74, 6) is -2.29. The summed E-state index contributed by atoms with van der Waals surface area (Å²) in [5, 5.41) is 11.7. The fourth-order valence-electron chi connectivity index (χ4n) is 8.18. The van der Waals surface area contributed by atoms with Crippen LogP contribution in [-0.4, -0.2) is 82.3 Å². The number of carbonyl (C=O) groups is 3. The van der Waals surface area contributed by atoms with Crippen LogP contribution in [0.4, 0.5) is 0 Å². The standard InChI is InChI=1S/C60H109NO8/c1-6-8-10-12-13-14-15-16-17-18-19-20-21-22-23-24-25-26-27-28-29-30-31-32-33-34-35-36-37-38-39-40-41-42-43-44-45-47-49-51-58(63)69-56(54-67-57(62)50-48-46-11-9-7-2)55-68-60(59(64)65)66-53-52-61(3,4)5/h8,10,13-14,16-17,19-20,56,60H,6-7,9,11-12,15,18,21-55H2,1-5H3/b10-8-,14-13-,17-16-,20-19-. The number of likely N-dealkylation sites (N-methyl/N-ethyl adjacent to an activating group) is 1. The molecule has 0 bridgehead atoms. The van der Waals surface area contributed by atoms with Crippen molar-refractivity contribution in [1.82, 2.24) is 0 Å². The summed E-state index contributed by atoms with van der Waals surface area (Å²) >= 11 is 0. The minimum atomic E-state index is -1.61. The third-order valence-electron chi connectivity index (χ3n) is 12.6. The van der Waals surface area contributed by atoms with Crippen LogP contribution in [0.3, 0.4) is 0 Å². The first-order valence-electron chi connectivity index (χ1n) is 28.8. The number of unbranched alkanes of at least 4 members (excludes halogenated alkanes) is 30. The van der Waals surface area contributed by atoms with E-state index < -0.39 is 24.3 Å². The highest BCUT2D eigenvalue weighted by Crippen LogP contribution is 2.17. The first kappa shape index (κ1) is 66.2. The van der Waals surface area contributed by atoms with Crippen LogP contribution in [0, 0.1) is 0 Å². The predicted molar refractivity (Wildman–Crippen MR) is 288 cm³/mol. The quantitative estimate of drug-likeness (QED) is 0.0195. The van der Waals surface area contributed by atoms with Gasteiger partial charge in [-0.15, -0.1) is 0 Å². The molecule has 0 aliphatic rings. The van der Waals surface area contributed by atoms with Gasteiger partial charge in [-0.1, -0.05) is 242 Å².